The lowest BCUT2D eigenvalue weighted by molar-refractivity contribution is -0.114. The largest absolute Gasteiger partial charge is 0.319 e. The highest BCUT2D eigenvalue weighted by atomic mass is 79.9. The lowest BCUT2D eigenvalue weighted by Gasteiger charge is -2.21. The molecule has 1 aliphatic heterocycles. The summed E-state index contributed by atoms with van der Waals surface area (Å²) in [6.07, 6.45) is 0. The normalized spacial score (nSPS) is 16.1. The second kappa shape index (κ2) is 5.20. The van der Waals surface area contributed by atoms with Crippen molar-refractivity contribution in [1.29, 1.82) is 0 Å². The van der Waals surface area contributed by atoms with Crippen molar-refractivity contribution in [2.24, 2.45) is 5.92 Å². The minimum atomic E-state index is -0.425. The van der Waals surface area contributed by atoms with Crippen molar-refractivity contribution in [3.8, 4) is 0 Å². The molecule has 0 saturated heterocycles. The number of benzene rings is 1. The monoisotopic (exact) mass is 310 g/mol. The Morgan fingerprint density at radius 1 is 1.39 bits per heavy atom. The van der Waals surface area contributed by atoms with E-state index in [-0.39, 0.29) is 5.92 Å². The third kappa shape index (κ3) is 2.33. The van der Waals surface area contributed by atoms with Crippen LogP contribution in [0.5, 0.6) is 0 Å². The van der Waals surface area contributed by atoms with Gasteiger partial charge < -0.3 is 10.2 Å². The SMILES string of the molecule is CNCC(C)CN1C(=O)C(=O)c2ccc(Br)cc21. The van der Waals surface area contributed by atoms with Gasteiger partial charge >= 0.3 is 0 Å². The van der Waals surface area contributed by atoms with Crippen LogP contribution >= 0.6 is 15.9 Å². The summed E-state index contributed by atoms with van der Waals surface area (Å²) in [5.74, 6) is -0.545. The second-order valence-corrected chi connectivity index (χ2v) is 5.48. The number of rotatable bonds is 4. The molecule has 1 aliphatic rings. The molecule has 1 unspecified atom stereocenters. The van der Waals surface area contributed by atoms with E-state index in [4.69, 9.17) is 0 Å². The number of anilines is 1. The van der Waals surface area contributed by atoms with Crippen molar-refractivity contribution in [3.63, 3.8) is 0 Å². The Kier molecular flexibility index (Phi) is 3.82. The van der Waals surface area contributed by atoms with Gasteiger partial charge in [-0.1, -0.05) is 22.9 Å². The fraction of sp³-hybridized carbons (Fsp3) is 0.385. The summed E-state index contributed by atoms with van der Waals surface area (Å²) in [4.78, 5) is 25.4. The third-order valence-corrected chi connectivity index (χ3v) is 3.47. The van der Waals surface area contributed by atoms with Crippen LogP contribution in [0.3, 0.4) is 0 Å². The molecular formula is C13H15BrN2O2. The molecule has 1 atom stereocenters. The first-order chi connectivity index (χ1) is 8.54. The molecule has 4 nitrogen and oxygen atoms in total. The second-order valence-electron chi connectivity index (χ2n) is 4.57. The molecule has 0 aliphatic carbocycles. The molecule has 0 radical (unpaired) electrons. The van der Waals surface area contributed by atoms with Crippen molar-refractivity contribution >= 4 is 33.3 Å². The van der Waals surface area contributed by atoms with Crippen LogP contribution in [0.25, 0.3) is 0 Å². The molecule has 96 valence electrons. The topological polar surface area (TPSA) is 49.4 Å². The van der Waals surface area contributed by atoms with E-state index in [1.165, 1.54) is 0 Å². The first kappa shape index (κ1) is 13.2. The first-order valence-corrected chi connectivity index (χ1v) is 6.64. The van der Waals surface area contributed by atoms with Crippen LogP contribution in [0, 0.1) is 5.92 Å². The number of Topliss-reactive ketones (excluding diaryl/α,β-unsaturated/α-hetero) is 1. The summed E-state index contributed by atoms with van der Waals surface area (Å²) < 4.78 is 0.870. The zero-order chi connectivity index (χ0) is 13.3. The van der Waals surface area contributed by atoms with Crippen LogP contribution in [0.15, 0.2) is 22.7 Å². The lowest BCUT2D eigenvalue weighted by Crippen LogP contribution is -2.36. The van der Waals surface area contributed by atoms with E-state index in [1.54, 1.807) is 17.0 Å². The molecule has 5 heteroatoms. The summed E-state index contributed by atoms with van der Waals surface area (Å²) >= 11 is 3.37. The molecule has 1 aromatic rings. The van der Waals surface area contributed by atoms with Crippen molar-refractivity contribution in [3.05, 3.63) is 28.2 Å². The lowest BCUT2D eigenvalue weighted by atomic mass is 10.1. The van der Waals surface area contributed by atoms with Gasteiger partial charge in [0.25, 0.3) is 11.7 Å². The van der Waals surface area contributed by atoms with E-state index in [0.29, 0.717) is 17.8 Å². The van der Waals surface area contributed by atoms with Gasteiger partial charge in [0.05, 0.1) is 11.3 Å². The first-order valence-electron chi connectivity index (χ1n) is 5.85. The van der Waals surface area contributed by atoms with E-state index >= 15 is 0 Å². The predicted molar refractivity (Wildman–Crippen MR) is 73.9 cm³/mol. The molecule has 1 aromatic carbocycles. The van der Waals surface area contributed by atoms with Gasteiger partial charge in [0.1, 0.15) is 0 Å². The molecule has 0 aromatic heterocycles. The molecular weight excluding hydrogens is 296 g/mol. The van der Waals surface area contributed by atoms with Crippen LogP contribution in [0.2, 0.25) is 0 Å². The maximum atomic E-state index is 12.0. The third-order valence-electron chi connectivity index (χ3n) is 2.98. The maximum Gasteiger partial charge on any atom is 0.299 e. The zero-order valence-corrected chi connectivity index (χ0v) is 12.0. The number of carbonyl (C=O) groups excluding carboxylic acids is 2. The van der Waals surface area contributed by atoms with Crippen LogP contribution in [-0.2, 0) is 4.79 Å². The highest BCUT2D eigenvalue weighted by Crippen LogP contribution is 2.32. The number of ketones is 1. The fourth-order valence-corrected chi connectivity index (χ4v) is 2.52. The highest BCUT2D eigenvalue weighted by Gasteiger charge is 2.36. The van der Waals surface area contributed by atoms with Gasteiger partial charge in [-0.25, -0.2) is 0 Å². The maximum absolute atomic E-state index is 12.0. The zero-order valence-electron chi connectivity index (χ0n) is 10.4. The van der Waals surface area contributed by atoms with Gasteiger partial charge in [0, 0.05) is 11.0 Å². The van der Waals surface area contributed by atoms with Crippen molar-refractivity contribution < 1.29 is 9.59 Å². The molecule has 0 spiro atoms. The summed E-state index contributed by atoms with van der Waals surface area (Å²) in [7, 11) is 1.87. The molecule has 1 N–H and O–H groups in total. The van der Waals surface area contributed by atoms with Crippen LogP contribution in [0.4, 0.5) is 5.69 Å². The van der Waals surface area contributed by atoms with Crippen molar-refractivity contribution in [1.82, 2.24) is 5.32 Å². The Labute approximate surface area is 114 Å². The fourth-order valence-electron chi connectivity index (χ4n) is 2.17. The van der Waals surface area contributed by atoms with Crippen LogP contribution in [0.1, 0.15) is 17.3 Å². The minimum absolute atomic E-state index is 0.289. The molecule has 0 bridgehead atoms. The number of nitrogens with one attached hydrogen (secondary N) is 1. The standard InChI is InChI=1S/C13H15BrN2O2/c1-8(6-15-2)7-16-11-5-9(14)3-4-10(11)12(17)13(16)18/h3-5,8,15H,6-7H2,1-2H3. The van der Waals surface area contributed by atoms with E-state index in [1.807, 2.05) is 20.0 Å². The quantitative estimate of drug-likeness (QED) is 0.863. The van der Waals surface area contributed by atoms with E-state index in [2.05, 4.69) is 21.2 Å². The number of hydrogen-bond donors (Lipinski definition) is 1. The molecule has 1 amide bonds. The number of carbonyl (C=O) groups is 2. The summed E-state index contributed by atoms with van der Waals surface area (Å²) in [6, 6.07) is 5.30. The Hall–Kier alpha value is -1.20. The Morgan fingerprint density at radius 3 is 2.78 bits per heavy atom. The van der Waals surface area contributed by atoms with E-state index in [9.17, 15) is 9.59 Å². The summed E-state index contributed by atoms with van der Waals surface area (Å²) in [6.45, 7) is 3.40. The smallest absolute Gasteiger partial charge is 0.299 e. The minimum Gasteiger partial charge on any atom is -0.319 e. The van der Waals surface area contributed by atoms with Gasteiger partial charge in [0.2, 0.25) is 0 Å². The number of amides is 1. The van der Waals surface area contributed by atoms with E-state index < -0.39 is 11.7 Å². The average Bonchev–Trinajstić information content (AvgIpc) is 2.55. The number of hydrogen-bond acceptors (Lipinski definition) is 3. The average molecular weight is 311 g/mol. The van der Waals surface area contributed by atoms with Gasteiger partial charge in [0.15, 0.2) is 0 Å². The molecule has 0 fully saturated rings. The van der Waals surface area contributed by atoms with Crippen LogP contribution < -0.4 is 10.2 Å². The molecule has 1 heterocycles. The number of nitrogens with zero attached hydrogens (tertiary/aromatic N) is 1. The number of halogens is 1. The van der Waals surface area contributed by atoms with Crippen molar-refractivity contribution in [2.45, 2.75) is 6.92 Å². The van der Waals surface area contributed by atoms with Gasteiger partial charge in [-0.05, 0) is 37.7 Å². The Bertz CT molecular complexity index is 502. The van der Waals surface area contributed by atoms with Gasteiger partial charge in [-0.3, -0.25) is 9.59 Å². The Balaban J connectivity index is 2.30. The molecule has 2 rings (SSSR count). The number of fused-ring (bicyclic) bond motifs is 1. The Morgan fingerprint density at radius 2 is 2.11 bits per heavy atom. The molecule has 18 heavy (non-hydrogen) atoms. The van der Waals surface area contributed by atoms with Crippen LogP contribution in [-0.4, -0.2) is 31.8 Å². The predicted octanol–water partition coefficient (Wildman–Crippen LogP) is 1.83. The van der Waals surface area contributed by atoms with Crippen molar-refractivity contribution in [2.75, 3.05) is 25.0 Å². The van der Waals surface area contributed by atoms with Gasteiger partial charge in [-0.15, -0.1) is 0 Å². The molecule has 0 saturated carbocycles. The summed E-state index contributed by atoms with van der Waals surface area (Å²) in [5.41, 5.74) is 1.21. The van der Waals surface area contributed by atoms with Gasteiger partial charge in [-0.2, -0.15) is 0 Å². The highest BCUT2D eigenvalue weighted by molar-refractivity contribution is 9.10. The van der Waals surface area contributed by atoms with E-state index in [0.717, 1.165) is 11.0 Å². The summed E-state index contributed by atoms with van der Waals surface area (Å²) in [5, 5.41) is 3.07.